The molecule has 1 amide bonds. The van der Waals surface area contributed by atoms with Gasteiger partial charge < -0.3 is 15.5 Å². The quantitative estimate of drug-likeness (QED) is 0.270. The predicted molar refractivity (Wildman–Crippen MR) is 113 cm³/mol. The summed E-state index contributed by atoms with van der Waals surface area (Å²) in [6.07, 6.45) is 1.82. The van der Waals surface area contributed by atoms with E-state index in [0.29, 0.717) is 16.0 Å². The van der Waals surface area contributed by atoms with Crippen LogP contribution in [-0.4, -0.2) is 23.9 Å². The summed E-state index contributed by atoms with van der Waals surface area (Å²) in [7, 11) is 1.82. The van der Waals surface area contributed by atoms with Crippen molar-refractivity contribution in [1.82, 2.24) is 4.98 Å². The molecule has 1 heterocycles. The molecule has 7 nitrogen and oxygen atoms in total. The zero-order chi connectivity index (χ0) is 19.4. The van der Waals surface area contributed by atoms with Crippen LogP contribution >= 0.6 is 24.0 Å². The molecule has 9 heteroatoms. The molecule has 2 N–H and O–H groups in total. The number of amides is 1. The number of anilines is 3. The van der Waals surface area contributed by atoms with Gasteiger partial charge in [0.25, 0.3) is 0 Å². The summed E-state index contributed by atoms with van der Waals surface area (Å²) in [6, 6.07) is 12.9. The summed E-state index contributed by atoms with van der Waals surface area (Å²) in [6.45, 7) is 1.45. The average Bonchev–Trinajstić information content (AvgIpc) is 3.01. The van der Waals surface area contributed by atoms with E-state index in [9.17, 15) is 4.79 Å². The summed E-state index contributed by atoms with van der Waals surface area (Å²) in [4.78, 5) is 21.1. The van der Waals surface area contributed by atoms with Crippen molar-refractivity contribution in [2.75, 3.05) is 22.6 Å². The highest BCUT2D eigenvalue weighted by atomic mass is 32.2. The number of aliphatic imine (C=N–C) groups is 1. The van der Waals surface area contributed by atoms with Gasteiger partial charge in [0.05, 0.1) is 10.2 Å². The summed E-state index contributed by atoms with van der Waals surface area (Å²) in [5.41, 5.74) is 3.16. The number of guanidine groups is 1. The summed E-state index contributed by atoms with van der Waals surface area (Å²) >= 11 is 5.77. The largest absolute Gasteiger partial charge is 0.326 e. The number of hydrogen-bond acceptors (Lipinski definition) is 6. The molecule has 3 aromatic rings. The first kappa shape index (κ1) is 18.7. The SMILES string of the molecule is CC(=O)Nc1ccc(N/C(=N\C#N)N(C)c2ccc3nc(S)sc3c2)cc1. The first-order valence-corrected chi connectivity index (χ1v) is 9.17. The van der Waals surface area contributed by atoms with Crippen molar-refractivity contribution >= 4 is 63.1 Å². The van der Waals surface area contributed by atoms with Crippen LogP contribution in [-0.2, 0) is 4.79 Å². The first-order valence-electron chi connectivity index (χ1n) is 7.91. The lowest BCUT2D eigenvalue weighted by molar-refractivity contribution is -0.114. The van der Waals surface area contributed by atoms with E-state index >= 15 is 0 Å². The van der Waals surface area contributed by atoms with E-state index in [1.54, 1.807) is 29.2 Å². The third kappa shape index (κ3) is 4.55. The lowest BCUT2D eigenvalue weighted by Gasteiger charge is -2.21. The number of nitrogens with one attached hydrogen (secondary N) is 2. The Morgan fingerprint density at radius 1 is 1.22 bits per heavy atom. The number of nitrogens with zero attached hydrogens (tertiary/aromatic N) is 4. The Balaban J connectivity index is 1.82. The Morgan fingerprint density at radius 2 is 1.89 bits per heavy atom. The zero-order valence-corrected chi connectivity index (χ0v) is 16.3. The van der Waals surface area contributed by atoms with Crippen molar-refractivity contribution in [2.24, 2.45) is 4.99 Å². The second kappa shape index (κ2) is 8.07. The average molecular weight is 397 g/mol. The van der Waals surface area contributed by atoms with Gasteiger partial charge in [0.1, 0.15) is 4.34 Å². The van der Waals surface area contributed by atoms with Crippen LogP contribution in [0.2, 0.25) is 0 Å². The van der Waals surface area contributed by atoms with Gasteiger partial charge in [-0.3, -0.25) is 4.79 Å². The second-order valence-electron chi connectivity index (χ2n) is 5.63. The molecule has 0 aliphatic carbocycles. The van der Waals surface area contributed by atoms with E-state index in [1.807, 2.05) is 31.4 Å². The molecule has 27 heavy (non-hydrogen) atoms. The van der Waals surface area contributed by atoms with Crippen LogP contribution in [0.5, 0.6) is 0 Å². The van der Waals surface area contributed by atoms with E-state index in [1.165, 1.54) is 18.3 Å². The number of benzene rings is 2. The fourth-order valence-electron chi connectivity index (χ4n) is 2.44. The van der Waals surface area contributed by atoms with Gasteiger partial charge in [0, 0.05) is 31.0 Å². The minimum absolute atomic E-state index is 0.134. The predicted octanol–water partition coefficient (Wildman–Crippen LogP) is 3.93. The summed E-state index contributed by atoms with van der Waals surface area (Å²) in [5.74, 6) is 0.241. The van der Waals surface area contributed by atoms with E-state index in [2.05, 4.69) is 33.2 Å². The Morgan fingerprint density at radius 3 is 2.52 bits per heavy atom. The van der Waals surface area contributed by atoms with Crippen LogP contribution in [0.25, 0.3) is 10.2 Å². The number of hydrogen-bond donors (Lipinski definition) is 3. The molecule has 0 radical (unpaired) electrons. The molecular formula is C18H16N6OS2. The molecule has 2 aromatic carbocycles. The normalized spacial score (nSPS) is 11.1. The van der Waals surface area contributed by atoms with Gasteiger partial charge in [-0.15, -0.1) is 29.0 Å². The third-order valence-electron chi connectivity index (χ3n) is 3.68. The third-order valence-corrected chi connectivity index (χ3v) is 4.88. The lowest BCUT2D eigenvalue weighted by atomic mass is 10.2. The van der Waals surface area contributed by atoms with Crippen molar-refractivity contribution < 1.29 is 4.79 Å². The van der Waals surface area contributed by atoms with Crippen LogP contribution in [0.15, 0.2) is 51.8 Å². The maximum absolute atomic E-state index is 11.1. The molecular weight excluding hydrogens is 380 g/mol. The molecule has 1 aromatic heterocycles. The molecule has 0 fully saturated rings. The standard InChI is InChI=1S/C18H16N6OS2/c1-11(25)21-12-3-5-13(6-4-12)22-17(20-10-19)24(2)14-7-8-15-16(9-14)27-18(26)23-15/h3-9H,1-2H3,(H,20,22)(H,21,25)(H,23,26). The van der Waals surface area contributed by atoms with Crippen LogP contribution in [0.3, 0.4) is 0 Å². The fraction of sp³-hybridized carbons (Fsp3) is 0.111. The van der Waals surface area contributed by atoms with Gasteiger partial charge >= 0.3 is 0 Å². The van der Waals surface area contributed by atoms with Crippen LogP contribution in [0.4, 0.5) is 17.1 Å². The Kier molecular flexibility index (Phi) is 5.59. The van der Waals surface area contributed by atoms with Crippen molar-refractivity contribution in [3.63, 3.8) is 0 Å². The number of carbonyl (C=O) groups is 1. The Labute approximate surface area is 165 Å². The number of thiol groups is 1. The van der Waals surface area contributed by atoms with Gasteiger partial charge in [-0.25, -0.2) is 4.98 Å². The minimum Gasteiger partial charge on any atom is -0.326 e. The van der Waals surface area contributed by atoms with Gasteiger partial charge in [-0.1, -0.05) is 0 Å². The highest BCUT2D eigenvalue weighted by molar-refractivity contribution is 7.82. The van der Waals surface area contributed by atoms with Crippen molar-refractivity contribution in [3.05, 3.63) is 42.5 Å². The highest BCUT2D eigenvalue weighted by Gasteiger charge is 2.12. The second-order valence-corrected chi connectivity index (χ2v) is 7.38. The fourth-order valence-corrected chi connectivity index (χ4v) is 3.58. The van der Waals surface area contributed by atoms with Crippen LogP contribution < -0.4 is 15.5 Å². The minimum atomic E-state index is -0.134. The molecule has 0 spiro atoms. The first-order chi connectivity index (χ1) is 13.0. The Hall–Kier alpha value is -3.09. The Bertz CT molecular complexity index is 1050. The number of fused-ring (bicyclic) bond motifs is 1. The molecule has 0 atom stereocenters. The number of aromatic nitrogens is 1. The van der Waals surface area contributed by atoms with Crippen molar-refractivity contribution in [3.8, 4) is 6.19 Å². The molecule has 0 aliphatic heterocycles. The van der Waals surface area contributed by atoms with E-state index in [0.717, 1.165) is 21.6 Å². The van der Waals surface area contributed by atoms with E-state index in [-0.39, 0.29) is 5.91 Å². The molecule has 0 aliphatic rings. The smallest absolute Gasteiger partial charge is 0.221 e. The summed E-state index contributed by atoms with van der Waals surface area (Å²) < 4.78 is 1.70. The van der Waals surface area contributed by atoms with E-state index < -0.39 is 0 Å². The maximum atomic E-state index is 11.1. The molecule has 0 unspecified atom stereocenters. The molecule has 3 rings (SSSR count). The molecule has 0 saturated carbocycles. The van der Waals surface area contributed by atoms with Gasteiger partial charge in [0.2, 0.25) is 18.1 Å². The topological polar surface area (TPSA) is 93.4 Å². The number of carbonyl (C=O) groups excluding carboxylic acids is 1. The zero-order valence-electron chi connectivity index (χ0n) is 14.6. The van der Waals surface area contributed by atoms with Gasteiger partial charge in [-0.05, 0) is 42.5 Å². The molecule has 0 saturated heterocycles. The summed E-state index contributed by atoms with van der Waals surface area (Å²) in [5, 5.41) is 14.9. The van der Waals surface area contributed by atoms with Crippen molar-refractivity contribution in [1.29, 1.82) is 5.26 Å². The number of rotatable bonds is 3. The van der Waals surface area contributed by atoms with Crippen LogP contribution in [0, 0.1) is 11.5 Å². The van der Waals surface area contributed by atoms with E-state index in [4.69, 9.17) is 5.26 Å². The van der Waals surface area contributed by atoms with Crippen molar-refractivity contribution in [2.45, 2.75) is 11.3 Å². The van der Waals surface area contributed by atoms with Gasteiger partial charge in [-0.2, -0.15) is 5.26 Å². The molecule has 0 bridgehead atoms. The number of nitriles is 1. The van der Waals surface area contributed by atoms with Gasteiger partial charge in [0.15, 0.2) is 0 Å². The number of thiazole rings is 1. The molecule has 136 valence electrons. The monoisotopic (exact) mass is 396 g/mol. The highest BCUT2D eigenvalue weighted by Crippen LogP contribution is 2.28. The lowest BCUT2D eigenvalue weighted by Crippen LogP contribution is -2.32. The maximum Gasteiger partial charge on any atom is 0.221 e. The van der Waals surface area contributed by atoms with Crippen LogP contribution in [0.1, 0.15) is 6.92 Å².